The highest BCUT2D eigenvalue weighted by Gasteiger charge is 2.42. The van der Waals surface area contributed by atoms with Crippen molar-refractivity contribution in [1.82, 2.24) is 20.9 Å². The number of rotatable bonds is 7. The van der Waals surface area contributed by atoms with E-state index >= 15 is 0 Å². The van der Waals surface area contributed by atoms with E-state index in [4.69, 9.17) is 5.73 Å². The van der Waals surface area contributed by atoms with Gasteiger partial charge in [-0.3, -0.25) is 10.2 Å². The minimum atomic E-state index is -2.68. The second-order valence-electron chi connectivity index (χ2n) is 9.58. The van der Waals surface area contributed by atoms with Gasteiger partial charge in [0.05, 0.1) is 0 Å². The molecule has 35 heavy (non-hydrogen) atoms. The van der Waals surface area contributed by atoms with Gasteiger partial charge in [0.25, 0.3) is 6.43 Å². The summed E-state index contributed by atoms with van der Waals surface area (Å²) in [6.45, 7) is 4.63. The number of benzene rings is 1. The summed E-state index contributed by atoms with van der Waals surface area (Å²) in [6, 6.07) is 3.16. The Bertz CT molecular complexity index is 977. The molecule has 0 aromatic heterocycles. The number of amidine groups is 1. The minimum Gasteiger partial charge on any atom is -0.394 e. The van der Waals surface area contributed by atoms with Crippen molar-refractivity contribution in [3.05, 3.63) is 35.0 Å². The fourth-order valence-corrected chi connectivity index (χ4v) is 5.70. The molecule has 4 rings (SSSR count). The summed E-state index contributed by atoms with van der Waals surface area (Å²) in [5.41, 5.74) is 8.41. The Balaban J connectivity index is 1.69. The first kappa shape index (κ1) is 25.5. The Hall–Kier alpha value is -2.56. The van der Waals surface area contributed by atoms with Crippen LogP contribution in [0.15, 0.2) is 18.3 Å². The molecule has 10 heteroatoms. The number of fused-ring (bicyclic) bond motifs is 1. The van der Waals surface area contributed by atoms with Gasteiger partial charge in [0.2, 0.25) is 5.91 Å². The average Bonchev–Trinajstić information content (AvgIpc) is 3.51. The smallest absolute Gasteiger partial charge is 0.264 e. The van der Waals surface area contributed by atoms with E-state index in [1.165, 1.54) is 13.0 Å². The molecule has 6 N–H and O–H groups in total. The third-order valence-electron chi connectivity index (χ3n) is 7.37. The lowest BCUT2D eigenvalue weighted by atomic mass is 9.91. The quantitative estimate of drug-likeness (QED) is 0.295. The Morgan fingerprint density at radius 1 is 1.34 bits per heavy atom. The Labute approximate surface area is 205 Å². The van der Waals surface area contributed by atoms with E-state index in [0.29, 0.717) is 41.8 Å². The number of amides is 1. The van der Waals surface area contributed by atoms with Gasteiger partial charge in [-0.2, -0.15) is 0 Å². The van der Waals surface area contributed by atoms with E-state index in [0.717, 1.165) is 44.3 Å². The number of carbonyl (C=O) groups excluding carboxylic acids is 1. The molecule has 3 heterocycles. The van der Waals surface area contributed by atoms with Crippen LogP contribution >= 0.6 is 0 Å². The zero-order valence-electron chi connectivity index (χ0n) is 20.5. The number of nitrogens with one attached hydrogen (secondary N) is 4. The van der Waals surface area contributed by atoms with Crippen LogP contribution in [0.25, 0.3) is 5.57 Å². The van der Waals surface area contributed by atoms with Crippen LogP contribution in [0.4, 0.5) is 14.5 Å². The lowest BCUT2D eigenvalue weighted by molar-refractivity contribution is -0.128. The van der Waals surface area contributed by atoms with Crippen LogP contribution in [0.1, 0.15) is 49.3 Å². The maximum atomic E-state index is 14.2. The number of anilines is 1. The minimum absolute atomic E-state index is 0.0436. The summed E-state index contributed by atoms with van der Waals surface area (Å²) in [5, 5.41) is 19.1. The topological polar surface area (TPSA) is 110 Å². The highest BCUT2D eigenvalue weighted by Crippen LogP contribution is 2.38. The van der Waals surface area contributed by atoms with Gasteiger partial charge in [0, 0.05) is 69.7 Å². The fourth-order valence-electron chi connectivity index (χ4n) is 5.70. The maximum Gasteiger partial charge on any atom is 0.264 e. The number of alkyl halides is 2. The van der Waals surface area contributed by atoms with Gasteiger partial charge in [0.1, 0.15) is 11.9 Å². The molecule has 0 aliphatic carbocycles. The van der Waals surface area contributed by atoms with Crippen molar-refractivity contribution in [3.8, 4) is 0 Å². The summed E-state index contributed by atoms with van der Waals surface area (Å²) >= 11 is 0. The molecule has 0 radical (unpaired) electrons. The first-order chi connectivity index (χ1) is 16.8. The normalized spacial score (nSPS) is 24.7. The molecule has 1 aromatic carbocycles. The number of halogens is 2. The Morgan fingerprint density at radius 2 is 2.14 bits per heavy atom. The zero-order valence-corrected chi connectivity index (χ0v) is 20.5. The average molecular weight is 490 g/mol. The van der Waals surface area contributed by atoms with Gasteiger partial charge in [-0.1, -0.05) is 0 Å². The number of hydrogen-bond acceptors (Lipinski definition) is 6. The van der Waals surface area contributed by atoms with Gasteiger partial charge < -0.3 is 31.5 Å². The van der Waals surface area contributed by atoms with Crippen LogP contribution in [0.2, 0.25) is 0 Å². The SMILES string of the molecule is CN/C=C(\CN)c1cc2c(cc1C(F)F)N(C(=N)C1C(NC3CCNC3)CCN1C(C)=O)CCC2. The molecule has 3 unspecified atom stereocenters. The Morgan fingerprint density at radius 3 is 2.77 bits per heavy atom. The van der Waals surface area contributed by atoms with E-state index in [9.17, 15) is 19.0 Å². The molecule has 2 saturated heterocycles. The van der Waals surface area contributed by atoms with Crippen molar-refractivity contribution in [3.63, 3.8) is 0 Å². The second-order valence-corrected chi connectivity index (χ2v) is 9.58. The molecule has 3 atom stereocenters. The van der Waals surface area contributed by atoms with Crippen LogP contribution in [0.5, 0.6) is 0 Å². The van der Waals surface area contributed by atoms with Gasteiger partial charge in [-0.15, -0.1) is 0 Å². The largest absolute Gasteiger partial charge is 0.394 e. The summed E-state index contributed by atoms with van der Waals surface area (Å²) in [5.74, 6) is 0.221. The van der Waals surface area contributed by atoms with Gasteiger partial charge in [-0.25, -0.2) is 8.78 Å². The molecule has 1 aromatic rings. The molecule has 192 valence electrons. The number of nitrogens with zero attached hydrogens (tertiary/aromatic N) is 2. The van der Waals surface area contributed by atoms with Crippen molar-refractivity contribution >= 4 is 23.0 Å². The summed E-state index contributed by atoms with van der Waals surface area (Å²) in [7, 11) is 1.72. The van der Waals surface area contributed by atoms with Crippen molar-refractivity contribution in [2.75, 3.05) is 44.7 Å². The molecular formula is C25H37F2N7O. The zero-order chi connectivity index (χ0) is 25.1. The van der Waals surface area contributed by atoms with Crippen molar-refractivity contribution in [2.45, 2.75) is 57.2 Å². The third-order valence-corrected chi connectivity index (χ3v) is 7.37. The fraction of sp³-hybridized carbons (Fsp3) is 0.600. The highest BCUT2D eigenvalue weighted by atomic mass is 19.3. The second kappa shape index (κ2) is 11.0. The highest BCUT2D eigenvalue weighted by molar-refractivity contribution is 6.03. The molecule has 0 bridgehead atoms. The molecule has 0 saturated carbocycles. The molecule has 3 aliphatic rings. The van der Waals surface area contributed by atoms with Gasteiger partial charge in [-0.05, 0) is 61.1 Å². The van der Waals surface area contributed by atoms with Crippen molar-refractivity contribution in [1.29, 1.82) is 5.41 Å². The molecule has 0 spiro atoms. The van der Waals surface area contributed by atoms with Crippen molar-refractivity contribution < 1.29 is 13.6 Å². The molecule has 2 fully saturated rings. The molecule has 8 nitrogen and oxygen atoms in total. The van der Waals surface area contributed by atoms with Crippen LogP contribution in [0, 0.1) is 5.41 Å². The predicted octanol–water partition coefficient (Wildman–Crippen LogP) is 1.81. The summed E-state index contributed by atoms with van der Waals surface area (Å²) in [6.07, 6.45) is 2.29. The predicted molar refractivity (Wildman–Crippen MR) is 135 cm³/mol. The lowest BCUT2D eigenvalue weighted by Crippen LogP contribution is -2.56. The molecular weight excluding hydrogens is 452 g/mol. The van der Waals surface area contributed by atoms with Gasteiger partial charge in [0.15, 0.2) is 0 Å². The number of likely N-dealkylation sites (tertiary alicyclic amines) is 1. The van der Waals surface area contributed by atoms with E-state index in [1.54, 1.807) is 18.1 Å². The number of hydrogen-bond donors (Lipinski definition) is 5. The third kappa shape index (κ3) is 5.19. The van der Waals surface area contributed by atoms with Gasteiger partial charge >= 0.3 is 0 Å². The van der Waals surface area contributed by atoms with Crippen LogP contribution in [0.3, 0.4) is 0 Å². The number of nitrogens with two attached hydrogens (primary N) is 1. The summed E-state index contributed by atoms with van der Waals surface area (Å²) in [4.78, 5) is 16.1. The van der Waals surface area contributed by atoms with Crippen molar-refractivity contribution in [2.24, 2.45) is 5.73 Å². The Kier molecular flexibility index (Phi) is 8.03. The number of aryl methyl sites for hydroxylation is 1. The molecule has 1 amide bonds. The number of carbonyl (C=O) groups is 1. The van der Waals surface area contributed by atoms with Crippen LogP contribution in [-0.2, 0) is 11.2 Å². The molecule has 3 aliphatic heterocycles. The maximum absolute atomic E-state index is 14.2. The van der Waals surface area contributed by atoms with E-state index in [-0.39, 0.29) is 24.1 Å². The van der Waals surface area contributed by atoms with Crippen LogP contribution < -0.4 is 26.6 Å². The van der Waals surface area contributed by atoms with E-state index in [1.807, 2.05) is 11.0 Å². The van der Waals surface area contributed by atoms with E-state index in [2.05, 4.69) is 16.0 Å². The monoisotopic (exact) mass is 489 g/mol. The van der Waals surface area contributed by atoms with E-state index < -0.39 is 12.5 Å². The standard InChI is InChI=1S/C25H37F2N7O/c1-15(35)33-9-6-21(32-18-5-7-31-14-18)23(33)25(29)34-8-3-4-16-10-19(17(12-28)13-30-2)20(24(26)27)11-22(16)34/h10-11,13,18,21,23-24,29-32H,3-9,12,14,28H2,1-2H3/b17-13+,29-25?. The summed E-state index contributed by atoms with van der Waals surface area (Å²) < 4.78 is 28.4. The lowest BCUT2D eigenvalue weighted by Gasteiger charge is -2.39. The first-order valence-electron chi connectivity index (χ1n) is 12.5. The first-order valence-corrected chi connectivity index (χ1v) is 12.5. The van der Waals surface area contributed by atoms with Crippen LogP contribution in [-0.4, -0.2) is 74.5 Å².